The smallest absolute Gasteiger partial charge is 0.0327 e. The number of fused-ring (bicyclic) bond motifs is 2. The van der Waals surface area contributed by atoms with Crippen LogP contribution in [0.4, 0.5) is 0 Å². The van der Waals surface area contributed by atoms with Gasteiger partial charge < -0.3 is 0 Å². The Balaban J connectivity index is 1.56. The van der Waals surface area contributed by atoms with Gasteiger partial charge in [0, 0.05) is 18.1 Å². The van der Waals surface area contributed by atoms with Crippen LogP contribution in [0.2, 0.25) is 0 Å². The Morgan fingerprint density at radius 3 is 1.95 bits per heavy atom. The highest BCUT2D eigenvalue weighted by Crippen LogP contribution is 2.45. The molecule has 2 aromatic rings. The summed E-state index contributed by atoms with van der Waals surface area (Å²) in [5, 5.41) is 0. The van der Waals surface area contributed by atoms with Crippen molar-refractivity contribution < 1.29 is 0 Å². The van der Waals surface area contributed by atoms with Crippen LogP contribution in [0.25, 0.3) is 0 Å². The topological polar surface area (TPSA) is 3.01 Å². The molecule has 0 spiro atoms. The van der Waals surface area contributed by atoms with Crippen molar-refractivity contribution in [2.75, 3.05) is 0 Å². The van der Waals surface area contributed by atoms with Gasteiger partial charge in [0.15, 0.2) is 0 Å². The fourth-order valence-corrected chi connectivity index (χ4v) is 3.72. The number of hydrogen-bond acceptors (Lipinski definition) is 1. The largest absolute Gasteiger partial charge is 0.287 e. The van der Waals surface area contributed by atoms with Gasteiger partial charge in [-0.2, -0.15) is 0 Å². The lowest BCUT2D eigenvalue weighted by atomic mass is 9.92. The molecule has 1 nitrogen and oxygen atoms in total. The predicted octanol–water partition coefficient (Wildman–Crippen LogP) is 3.60. The van der Waals surface area contributed by atoms with E-state index < -0.39 is 0 Å². The van der Waals surface area contributed by atoms with E-state index in [9.17, 15) is 0 Å². The zero-order valence-corrected chi connectivity index (χ0v) is 11.3. The number of nitrogens with zero attached hydrogens (tertiary/aromatic N) is 1. The van der Waals surface area contributed by atoms with Crippen molar-refractivity contribution in [3.63, 3.8) is 0 Å². The molecule has 1 saturated heterocycles. The van der Waals surface area contributed by atoms with Gasteiger partial charge in [-0.1, -0.05) is 54.6 Å². The average Bonchev–Trinajstić information content (AvgIpc) is 3.17. The van der Waals surface area contributed by atoms with Gasteiger partial charge in [0.25, 0.3) is 0 Å². The Bertz CT molecular complexity index is 559. The first-order valence-corrected chi connectivity index (χ1v) is 7.24. The summed E-state index contributed by atoms with van der Waals surface area (Å²) in [5.74, 6) is 0. The zero-order chi connectivity index (χ0) is 12.8. The van der Waals surface area contributed by atoms with Crippen LogP contribution in [0, 0.1) is 0 Å². The van der Waals surface area contributed by atoms with Crippen LogP contribution < -0.4 is 0 Å². The molecule has 0 radical (unpaired) electrons. The van der Waals surface area contributed by atoms with E-state index >= 15 is 0 Å². The first-order chi connectivity index (χ1) is 9.34. The molecule has 0 saturated carbocycles. The lowest BCUT2D eigenvalue weighted by Crippen LogP contribution is -2.11. The van der Waals surface area contributed by atoms with Gasteiger partial charge in [-0.25, -0.2) is 0 Å². The molecule has 1 fully saturated rings. The maximum atomic E-state index is 2.69. The van der Waals surface area contributed by atoms with E-state index in [1.54, 1.807) is 11.1 Å². The van der Waals surface area contributed by atoms with Crippen molar-refractivity contribution in [2.45, 2.75) is 37.9 Å². The van der Waals surface area contributed by atoms with Crippen LogP contribution in [-0.2, 0) is 12.8 Å². The zero-order valence-electron chi connectivity index (χ0n) is 11.3. The van der Waals surface area contributed by atoms with Crippen molar-refractivity contribution in [3.05, 3.63) is 71.3 Å². The van der Waals surface area contributed by atoms with Crippen molar-refractivity contribution in [3.8, 4) is 0 Å². The summed E-state index contributed by atoms with van der Waals surface area (Å²) in [5.41, 5.74) is 4.57. The second kappa shape index (κ2) is 4.21. The van der Waals surface area contributed by atoms with Gasteiger partial charge in [-0.15, -0.1) is 0 Å². The summed E-state index contributed by atoms with van der Waals surface area (Å²) in [7, 11) is 0. The van der Waals surface area contributed by atoms with E-state index in [0.717, 1.165) is 12.1 Å². The second-order valence-electron chi connectivity index (χ2n) is 5.85. The predicted molar refractivity (Wildman–Crippen MR) is 78.1 cm³/mol. The van der Waals surface area contributed by atoms with Crippen LogP contribution in [-0.4, -0.2) is 17.0 Å². The van der Waals surface area contributed by atoms with Gasteiger partial charge in [-0.3, -0.25) is 4.90 Å². The molecule has 1 aliphatic carbocycles. The third-order valence-electron chi connectivity index (χ3n) is 4.83. The van der Waals surface area contributed by atoms with Gasteiger partial charge in [0.1, 0.15) is 0 Å². The normalized spacial score (nSPS) is 29.2. The molecule has 3 atom stereocenters. The molecule has 4 rings (SSSR count). The molecule has 1 heteroatoms. The molecule has 19 heavy (non-hydrogen) atoms. The van der Waals surface area contributed by atoms with E-state index in [1.807, 2.05) is 0 Å². The van der Waals surface area contributed by atoms with E-state index in [4.69, 9.17) is 0 Å². The lowest BCUT2D eigenvalue weighted by Gasteiger charge is -2.14. The molecule has 2 aliphatic rings. The summed E-state index contributed by atoms with van der Waals surface area (Å²) in [6.45, 7) is 2.35. The molecule has 0 amide bonds. The summed E-state index contributed by atoms with van der Waals surface area (Å²) < 4.78 is 0. The molecule has 96 valence electrons. The minimum absolute atomic E-state index is 0.547. The highest BCUT2D eigenvalue weighted by atomic mass is 15.4. The second-order valence-corrected chi connectivity index (χ2v) is 5.85. The lowest BCUT2D eigenvalue weighted by molar-refractivity contribution is 0.384. The minimum atomic E-state index is 0.547. The van der Waals surface area contributed by atoms with E-state index in [1.165, 1.54) is 18.4 Å². The Kier molecular flexibility index (Phi) is 2.49. The van der Waals surface area contributed by atoms with Gasteiger partial charge >= 0.3 is 0 Å². The summed E-state index contributed by atoms with van der Waals surface area (Å²) in [6.07, 6.45) is 2.47. The summed E-state index contributed by atoms with van der Waals surface area (Å²) in [4.78, 5) is 2.69. The fourth-order valence-electron chi connectivity index (χ4n) is 3.72. The maximum absolute atomic E-state index is 2.69. The minimum Gasteiger partial charge on any atom is -0.287 e. The van der Waals surface area contributed by atoms with Crippen molar-refractivity contribution in [1.29, 1.82) is 0 Å². The van der Waals surface area contributed by atoms with Crippen molar-refractivity contribution in [2.24, 2.45) is 0 Å². The van der Waals surface area contributed by atoms with Crippen molar-refractivity contribution >= 4 is 0 Å². The Morgan fingerprint density at radius 1 is 0.842 bits per heavy atom. The average molecular weight is 249 g/mol. The van der Waals surface area contributed by atoms with Crippen LogP contribution in [0.3, 0.4) is 0 Å². The quantitative estimate of drug-likeness (QED) is 0.735. The van der Waals surface area contributed by atoms with Gasteiger partial charge in [0.2, 0.25) is 0 Å². The molecular formula is C18H19N. The van der Waals surface area contributed by atoms with Gasteiger partial charge in [-0.05, 0) is 36.5 Å². The van der Waals surface area contributed by atoms with Gasteiger partial charge in [0.05, 0.1) is 0 Å². The highest BCUT2D eigenvalue weighted by Gasteiger charge is 2.51. The maximum Gasteiger partial charge on any atom is 0.0327 e. The molecule has 1 aliphatic heterocycles. The highest BCUT2D eigenvalue weighted by molar-refractivity contribution is 5.36. The fraction of sp³-hybridized carbons (Fsp3) is 0.333. The number of benzene rings is 2. The standard InChI is InChI=1S/C18H19N/c1-13(14-7-3-2-4-8-14)19-17-11-15-9-5-6-10-16(15)12-18(17)19/h2-10,13,17-18H,11-12H2,1H3. The molecule has 0 bridgehead atoms. The van der Waals surface area contributed by atoms with Crippen LogP contribution in [0.5, 0.6) is 0 Å². The van der Waals surface area contributed by atoms with E-state index in [-0.39, 0.29) is 0 Å². The summed E-state index contributed by atoms with van der Waals surface area (Å²) in [6, 6.07) is 21.9. The van der Waals surface area contributed by atoms with Crippen LogP contribution in [0.15, 0.2) is 54.6 Å². The first-order valence-electron chi connectivity index (χ1n) is 7.24. The molecule has 0 aromatic heterocycles. The third kappa shape index (κ3) is 1.81. The number of rotatable bonds is 2. The van der Waals surface area contributed by atoms with E-state index in [2.05, 4.69) is 66.4 Å². The first kappa shape index (κ1) is 11.2. The Hall–Kier alpha value is -1.60. The molecule has 1 heterocycles. The van der Waals surface area contributed by atoms with Crippen LogP contribution in [0.1, 0.15) is 29.7 Å². The third-order valence-corrected chi connectivity index (χ3v) is 4.83. The molecule has 0 N–H and O–H groups in total. The van der Waals surface area contributed by atoms with Crippen LogP contribution >= 0.6 is 0 Å². The monoisotopic (exact) mass is 249 g/mol. The number of hydrogen-bond donors (Lipinski definition) is 0. The summed E-state index contributed by atoms with van der Waals surface area (Å²) >= 11 is 0. The van der Waals surface area contributed by atoms with E-state index in [0.29, 0.717) is 6.04 Å². The Morgan fingerprint density at radius 2 is 1.37 bits per heavy atom. The molecular weight excluding hydrogens is 230 g/mol. The molecule has 3 unspecified atom stereocenters. The Labute approximate surface area is 114 Å². The molecule has 2 aromatic carbocycles. The van der Waals surface area contributed by atoms with Crippen molar-refractivity contribution in [1.82, 2.24) is 4.90 Å². The SMILES string of the molecule is CC(c1ccccc1)N1C2Cc3ccccc3CC21.